The van der Waals surface area contributed by atoms with Gasteiger partial charge in [-0.3, -0.25) is 4.79 Å². The van der Waals surface area contributed by atoms with Gasteiger partial charge in [-0.1, -0.05) is 61.7 Å². The van der Waals surface area contributed by atoms with Gasteiger partial charge in [0.05, 0.1) is 10.9 Å². The topological polar surface area (TPSA) is 107 Å². The van der Waals surface area contributed by atoms with Crippen LogP contribution in [0.3, 0.4) is 0 Å². The van der Waals surface area contributed by atoms with E-state index in [1.807, 2.05) is 0 Å². The fourth-order valence-electron chi connectivity index (χ4n) is 3.44. The zero-order valence-electron chi connectivity index (χ0n) is 19.0. The monoisotopic (exact) mass is 523 g/mol. The number of carbonyl (C=O) groups excluding carboxylic acids is 1. The van der Waals surface area contributed by atoms with E-state index in [9.17, 15) is 13.2 Å². The Bertz CT molecular complexity index is 1210. The Balaban J connectivity index is 1.70. The SMILES string of the molecule is CCCCc1ccc(S(=O)(=O)NC(CC)C(=O)Cn2nnnc2Cc2c(Cl)cccc2Cl)cc1. The lowest BCUT2D eigenvalue weighted by Gasteiger charge is -2.17. The van der Waals surface area contributed by atoms with Crippen LogP contribution in [0.4, 0.5) is 0 Å². The van der Waals surface area contributed by atoms with Crippen molar-refractivity contribution in [1.82, 2.24) is 24.9 Å². The Kier molecular flexibility index (Phi) is 9.18. The predicted molar refractivity (Wildman–Crippen MR) is 132 cm³/mol. The number of Topliss-reactive ketones (excluding diaryl/α,β-unsaturated/α-hetero) is 1. The van der Waals surface area contributed by atoms with Crippen molar-refractivity contribution in [2.24, 2.45) is 0 Å². The minimum Gasteiger partial charge on any atom is -0.296 e. The van der Waals surface area contributed by atoms with Crippen molar-refractivity contribution in [2.45, 2.75) is 63.4 Å². The number of halogens is 2. The lowest BCUT2D eigenvalue weighted by Crippen LogP contribution is -2.42. The number of carbonyl (C=O) groups is 1. The summed E-state index contributed by atoms with van der Waals surface area (Å²) in [5.74, 6) is 0.0353. The van der Waals surface area contributed by atoms with Crippen molar-refractivity contribution in [1.29, 1.82) is 0 Å². The first-order valence-electron chi connectivity index (χ1n) is 11.1. The van der Waals surface area contributed by atoms with Gasteiger partial charge in [-0.2, -0.15) is 0 Å². The molecule has 2 aromatic carbocycles. The summed E-state index contributed by atoms with van der Waals surface area (Å²) in [5.41, 5.74) is 1.72. The van der Waals surface area contributed by atoms with E-state index in [1.165, 1.54) is 4.68 Å². The first-order chi connectivity index (χ1) is 16.2. The van der Waals surface area contributed by atoms with Crippen molar-refractivity contribution in [2.75, 3.05) is 0 Å². The first kappa shape index (κ1) is 26.3. The van der Waals surface area contributed by atoms with Gasteiger partial charge in [0.25, 0.3) is 0 Å². The largest absolute Gasteiger partial charge is 0.296 e. The molecular formula is C23H27Cl2N5O3S. The summed E-state index contributed by atoms with van der Waals surface area (Å²) in [6.45, 7) is 3.65. The molecule has 11 heteroatoms. The number of nitrogens with one attached hydrogen (secondary N) is 1. The second kappa shape index (κ2) is 11.9. The van der Waals surface area contributed by atoms with Gasteiger partial charge < -0.3 is 0 Å². The number of nitrogens with zero attached hydrogens (tertiary/aromatic N) is 4. The van der Waals surface area contributed by atoms with Gasteiger partial charge in [0.15, 0.2) is 11.6 Å². The van der Waals surface area contributed by atoms with E-state index in [2.05, 4.69) is 27.2 Å². The lowest BCUT2D eigenvalue weighted by molar-refractivity contribution is -0.121. The summed E-state index contributed by atoms with van der Waals surface area (Å²) in [4.78, 5) is 13.1. The molecule has 0 aliphatic carbocycles. The number of aromatic nitrogens is 4. The number of hydrogen-bond donors (Lipinski definition) is 1. The van der Waals surface area contributed by atoms with E-state index < -0.39 is 16.1 Å². The summed E-state index contributed by atoms with van der Waals surface area (Å²) >= 11 is 12.5. The molecule has 1 N–H and O–H groups in total. The van der Waals surface area contributed by atoms with Crippen LogP contribution in [0, 0.1) is 0 Å². The number of unbranched alkanes of at least 4 members (excludes halogenated alkanes) is 1. The molecule has 0 bridgehead atoms. The van der Waals surface area contributed by atoms with Gasteiger partial charge in [0.1, 0.15) is 6.54 Å². The van der Waals surface area contributed by atoms with Crippen LogP contribution in [0.15, 0.2) is 47.4 Å². The molecule has 3 rings (SSSR count). The Labute approximate surface area is 209 Å². The molecule has 1 unspecified atom stereocenters. The van der Waals surface area contributed by atoms with Crippen molar-refractivity contribution in [3.8, 4) is 0 Å². The Morgan fingerprint density at radius 1 is 1.09 bits per heavy atom. The smallest absolute Gasteiger partial charge is 0.241 e. The quantitative estimate of drug-likeness (QED) is 0.380. The van der Waals surface area contributed by atoms with Crippen molar-refractivity contribution in [3.05, 3.63) is 69.5 Å². The maximum atomic E-state index is 13.0. The molecule has 3 aromatic rings. The van der Waals surface area contributed by atoms with Gasteiger partial charge in [-0.15, -0.1) is 5.10 Å². The first-order valence-corrected chi connectivity index (χ1v) is 13.3. The average Bonchev–Trinajstić information content (AvgIpc) is 3.25. The summed E-state index contributed by atoms with van der Waals surface area (Å²) in [6, 6.07) is 11.0. The number of tetrazole rings is 1. The van der Waals surface area contributed by atoms with E-state index in [0.717, 1.165) is 24.8 Å². The molecule has 0 aliphatic heterocycles. The van der Waals surface area contributed by atoms with Crippen molar-refractivity contribution in [3.63, 3.8) is 0 Å². The van der Waals surface area contributed by atoms with Crippen LogP contribution < -0.4 is 4.72 Å². The van der Waals surface area contributed by atoms with Gasteiger partial charge in [-0.25, -0.2) is 17.8 Å². The third-order valence-electron chi connectivity index (χ3n) is 5.46. The molecule has 0 radical (unpaired) electrons. The highest BCUT2D eigenvalue weighted by molar-refractivity contribution is 7.89. The van der Waals surface area contributed by atoms with Gasteiger partial charge in [0.2, 0.25) is 10.0 Å². The van der Waals surface area contributed by atoms with E-state index in [4.69, 9.17) is 23.2 Å². The molecule has 0 aliphatic rings. The Morgan fingerprint density at radius 2 is 1.76 bits per heavy atom. The summed E-state index contributed by atoms with van der Waals surface area (Å²) in [7, 11) is -3.87. The van der Waals surface area contributed by atoms with E-state index in [0.29, 0.717) is 21.4 Å². The van der Waals surface area contributed by atoms with Crippen LogP contribution in [-0.2, 0) is 34.2 Å². The molecule has 0 spiro atoms. The molecular weight excluding hydrogens is 497 g/mol. The number of hydrogen-bond acceptors (Lipinski definition) is 6. The molecule has 0 saturated carbocycles. The van der Waals surface area contributed by atoms with Crippen LogP contribution in [-0.4, -0.2) is 40.5 Å². The Morgan fingerprint density at radius 3 is 2.38 bits per heavy atom. The van der Waals surface area contributed by atoms with Crippen LogP contribution in [0.25, 0.3) is 0 Å². The normalized spacial score (nSPS) is 12.6. The molecule has 1 atom stereocenters. The molecule has 1 aromatic heterocycles. The maximum Gasteiger partial charge on any atom is 0.241 e. The molecule has 1 heterocycles. The van der Waals surface area contributed by atoms with E-state index in [1.54, 1.807) is 49.4 Å². The average molecular weight is 524 g/mol. The van der Waals surface area contributed by atoms with Crippen molar-refractivity contribution < 1.29 is 13.2 Å². The minimum atomic E-state index is -3.87. The van der Waals surface area contributed by atoms with E-state index >= 15 is 0 Å². The fourth-order valence-corrected chi connectivity index (χ4v) is 5.27. The highest BCUT2D eigenvalue weighted by Crippen LogP contribution is 2.26. The zero-order valence-corrected chi connectivity index (χ0v) is 21.4. The van der Waals surface area contributed by atoms with Crippen molar-refractivity contribution >= 4 is 39.0 Å². The molecule has 34 heavy (non-hydrogen) atoms. The molecule has 0 saturated heterocycles. The second-order valence-corrected chi connectivity index (χ2v) is 10.5. The molecule has 182 valence electrons. The number of aryl methyl sites for hydroxylation is 1. The number of ketones is 1. The minimum absolute atomic E-state index is 0.121. The van der Waals surface area contributed by atoms with Crippen LogP contribution in [0.5, 0.6) is 0 Å². The third kappa shape index (κ3) is 6.63. The maximum absolute atomic E-state index is 13.0. The van der Waals surface area contributed by atoms with Crippen LogP contribution in [0.1, 0.15) is 50.1 Å². The Hall–Kier alpha value is -2.33. The highest BCUT2D eigenvalue weighted by atomic mass is 35.5. The highest BCUT2D eigenvalue weighted by Gasteiger charge is 2.26. The second-order valence-electron chi connectivity index (χ2n) is 7.93. The summed E-state index contributed by atoms with van der Waals surface area (Å²) in [5, 5.41) is 12.5. The predicted octanol–water partition coefficient (Wildman–Crippen LogP) is 4.24. The van der Waals surface area contributed by atoms with Gasteiger partial charge in [0, 0.05) is 16.5 Å². The van der Waals surface area contributed by atoms with Crippen LogP contribution in [0.2, 0.25) is 10.0 Å². The molecule has 0 amide bonds. The fraction of sp³-hybridized carbons (Fsp3) is 0.391. The van der Waals surface area contributed by atoms with Crippen LogP contribution >= 0.6 is 23.2 Å². The van der Waals surface area contributed by atoms with Gasteiger partial charge >= 0.3 is 0 Å². The summed E-state index contributed by atoms with van der Waals surface area (Å²) in [6.07, 6.45) is 3.51. The molecule has 0 fully saturated rings. The summed E-state index contributed by atoms with van der Waals surface area (Å²) < 4.78 is 29.6. The molecule has 8 nitrogen and oxygen atoms in total. The lowest BCUT2D eigenvalue weighted by atomic mass is 10.1. The zero-order chi connectivity index (χ0) is 24.7. The number of rotatable bonds is 12. The van der Waals surface area contributed by atoms with Gasteiger partial charge in [-0.05, 0) is 65.1 Å². The standard InChI is InChI=1S/C23H27Cl2N5O3S/c1-3-5-7-16-10-12-17(13-11-16)34(32,33)27-21(4-2)22(31)15-30-23(26-28-29-30)14-18-19(24)8-6-9-20(18)25/h6,8-13,21,27H,3-5,7,14-15H2,1-2H3. The number of sulfonamides is 1. The third-order valence-corrected chi connectivity index (χ3v) is 7.65. The van der Waals surface area contributed by atoms with E-state index in [-0.39, 0.29) is 30.1 Å². The number of benzene rings is 2.